The molecule has 0 aliphatic heterocycles. The molecule has 1 atom stereocenters. The lowest BCUT2D eigenvalue weighted by atomic mass is 10.1. The number of amides is 1. The van der Waals surface area contributed by atoms with Crippen molar-refractivity contribution >= 4 is 17.3 Å². The van der Waals surface area contributed by atoms with Crippen molar-refractivity contribution in [2.45, 2.75) is 13.0 Å². The minimum absolute atomic E-state index is 0.0247. The molecule has 1 aromatic carbocycles. The van der Waals surface area contributed by atoms with Crippen LogP contribution in [0.4, 0.5) is 11.4 Å². The van der Waals surface area contributed by atoms with E-state index in [0.29, 0.717) is 11.3 Å². The summed E-state index contributed by atoms with van der Waals surface area (Å²) in [6.07, 6.45) is 0. The van der Waals surface area contributed by atoms with Gasteiger partial charge in [-0.05, 0) is 39.2 Å². The molecule has 1 unspecified atom stereocenters. The summed E-state index contributed by atoms with van der Waals surface area (Å²) in [5.41, 5.74) is 8.04. The van der Waals surface area contributed by atoms with E-state index in [2.05, 4.69) is 17.1 Å². The Kier molecular flexibility index (Phi) is 5.18. The molecule has 0 heterocycles. The second-order valence-corrected chi connectivity index (χ2v) is 5.31. The Morgan fingerprint density at radius 3 is 2.47 bits per heavy atom. The zero-order valence-electron chi connectivity index (χ0n) is 12.4. The Labute approximate surface area is 115 Å². The van der Waals surface area contributed by atoms with E-state index in [4.69, 9.17) is 5.73 Å². The Balaban J connectivity index is 2.88. The quantitative estimate of drug-likeness (QED) is 0.788. The van der Waals surface area contributed by atoms with Crippen LogP contribution in [0.2, 0.25) is 0 Å². The molecule has 3 N–H and O–H groups in total. The number of likely N-dealkylation sites (N-methyl/N-ethyl adjacent to an activating group) is 1. The van der Waals surface area contributed by atoms with Gasteiger partial charge in [-0.3, -0.25) is 4.79 Å². The molecular formula is C14H24N4O. The Morgan fingerprint density at radius 2 is 1.95 bits per heavy atom. The standard InChI is InChI=1S/C14H24N4O/c1-10(9-17(2)3)16-13-8-11(6-7-12(13)15)14(19)18(4)5/h6-8,10,16H,9,15H2,1-5H3. The van der Waals surface area contributed by atoms with Gasteiger partial charge in [0.15, 0.2) is 0 Å². The van der Waals surface area contributed by atoms with Gasteiger partial charge in [0, 0.05) is 32.2 Å². The van der Waals surface area contributed by atoms with Crippen molar-refractivity contribution in [3.8, 4) is 0 Å². The maximum atomic E-state index is 11.9. The summed E-state index contributed by atoms with van der Waals surface area (Å²) in [6, 6.07) is 5.58. The van der Waals surface area contributed by atoms with Gasteiger partial charge in [0.25, 0.3) is 5.91 Å². The monoisotopic (exact) mass is 264 g/mol. The van der Waals surface area contributed by atoms with Crippen LogP contribution in [0.15, 0.2) is 18.2 Å². The molecule has 5 nitrogen and oxygen atoms in total. The van der Waals surface area contributed by atoms with Crippen LogP contribution in [0.3, 0.4) is 0 Å². The SMILES string of the molecule is CC(CN(C)C)Nc1cc(C(=O)N(C)C)ccc1N. The van der Waals surface area contributed by atoms with Crippen LogP contribution in [0.5, 0.6) is 0 Å². The summed E-state index contributed by atoms with van der Waals surface area (Å²) >= 11 is 0. The molecule has 0 aliphatic carbocycles. The van der Waals surface area contributed by atoms with Crippen molar-refractivity contribution in [3.63, 3.8) is 0 Å². The van der Waals surface area contributed by atoms with Gasteiger partial charge in [0.05, 0.1) is 11.4 Å². The molecule has 0 spiro atoms. The second kappa shape index (κ2) is 6.43. The largest absolute Gasteiger partial charge is 0.397 e. The molecule has 1 aromatic rings. The number of nitrogens with two attached hydrogens (primary N) is 1. The van der Waals surface area contributed by atoms with E-state index in [1.54, 1.807) is 31.1 Å². The molecule has 0 saturated carbocycles. The van der Waals surface area contributed by atoms with E-state index >= 15 is 0 Å². The lowest BCUT2D eigenvalue weighted by Gasteiger charge is -2.21. The average molecular weight is 264 g/mol. The second-order valence-electron chi connectivity index (χ2n) is 5.31. The predicted molar refractivity (Wildman–Crippen MR) is 80.5 cm³/mol. The number of carbonyl (C=O) groups excluding carboxylic acids is 1. The van der Waals surface area contributed by atoms with Gasteiger partial charge in [0.1, 0.15) is 0 Å². The number of anilines is 2. The summed E-state index contributed by atoms with van der Waals surface area (Å²) in [5, 5.41) is 3.34. The minimum atomic E-state index is -0.0247. The van der Waals surface area contributed by atoms with Crippen LogP contribution in [0.1, 0.15) is 17.3 Å². The highest BCUT2D eigenvalue weighted by atomic mass is 16.2. The highest BCUT2D eigenvalue weighted by Crippen LogP contribution is 2.21. The van der Waals surface area contributed by atoms with E-state index in [-0.39, 0.29) is 11.9 Å². The van der Waals surface area contributed by atoms with E-state index in [1.807, 2.05) is 20.2 Å². The van der Waals surface area contributed by atoms with E-state index in [9.17, 15) is 4.79 Å². The van der Waals surface area contributed by atoms with Gasteiger partial charge in [-0.15, -0.1) is 0 Å². The van der Waals surface area contributed by atoms with E-state index in [1.165, 1.54) is 0 Å². The molecule has 19 heavy (non-hydrogen) atoms. The Morgan fingerprint density at radius 1 is 1.32 bits per heavy atom. The first-order valence-corrected chi connectivity index (χ1v) is 6.33. The molecule has 1 rings (SSSR count). The van der Waals surface area contributed by atoms with Crippen molar-refractivity contribution in [2.75, 3.05) is 45.8 Å². The highest BCUT2D eigenvalue weighted by molar-refractivity contribution is 5.95. The number of hydrogen-bond donors (Lipinski definition) is 2. The van der Waals surface area contributed by atoms with Crippen LogP contribution in [-0.2, 0) is 0 Å². The number of hydrogen-bond acceptors (Lipinski definition) is 4. The van der Waals surface area contributed by atoms with E-state index < -0.39 is 0 Å². The molecule has 0 saturated heterocycles. The van der Waals surface area contributed by atoms with Crippen LogP contribution in [0.25, 0.3) is 0 Å². The first kappa shape index (κ1) is 15.3. The van der Waals surface area contributed by atoms with Gasteiger partial charge in [-0.25, -0.2) is 0 Å². The minimum Gasteiger partial charge on any atom is -0.397 e. The Hall–Kier alpha value is -1.75. The fourth-order valence-electron chi connectivity index (χ4n) is 1.93. The molecule has 0 fully saturated rings. The van der Waals surface area contributed by atoms with Crippen molar-refractivity contribution in [1.29, 1.82) is 0 Å². The van der Waals surface area contributed by atoms with Gasteiger partial charge in [-0.1, -0.05) is 0 Å². The molecular weight excluding hydrogens is 240 g/mol. The maximum absolute atomic E-state index is 11.9. The third-order valence-electron chi connectivity index (χ3n) is 2.75. The average Bonchev–Trinajstić information content (AvgIpc) is 2.29. The summed E-state index contributed by atoms with van der Waals surface area (Å²) in [4.78, 5) is 15.6. The van der Waals surface area contributed by atoms with Gasteiger partial charge in [0.2, 0.25) is 0 Å². The van der Waals surface area contributed by atoms with Gasteiger partial charge in [-0.2, -0.15) is 0 Å². The molecule has 5 heteroatoms. The van der Waals surface area contributed by atoms with E-state index in [0.717, 1.165) is 12.2 Å². The molecule has 0 aliphatic rings. The molecule has 0 radical (unpaired) electrons. The van der Waals surface area contributed by atoms with Crippen LogP contribution in [0, 0.1) is 0 Å². The number of nitrogen functional groups attached to an aromatic ring is 1. The third kappa shape index (κ3) is 4.44. The first-order chi connectivity index (χ1) is 8.81. The summed E-state index contributed by atoms with van der Waals surface area (Å²) in [7, 11) is 7.52. The predicted octanol–water partition coefficient (Wildman–Crippen LogP) is 1.33. The number of carbonyl (C=O) groups is 1. The Bertz CT molecular complexity index is 443. The van der Waals surface area contributed by atoms with Crippen molar-refractivity contribution in [3.05, 3.63) is 23.8 Å². The maximum Gasteiger partial charge on any atom is 0.253 e. The lowest BCUT2D eigenvalue weighted by molar-refractivity contribution is 0.0827. The zero-order chi connectivity index (χ0) is 14.6. The van der Waals surface area contributed by atoms with Crippen LogP contribution < -0.4 is 11.1 Å². The third-order valence-corrected chi connectivity index (χ3v) is 2.75. The number of nitrogens with zero attached hydrogens (tertiary/aromatic N) is 2. The van der Waals surface area contributed by atoms with Crippen molar-refractivity contribution in [1.82, 2.24) is 9.80 Å². The van der Waals surface area contributed by atoms with Crippen LogP contribution in [-0.4, -0.2) is 56.5 Å². The first-order valence-electron chi connectivity index (χ1n) is 6.33. The molecule has 1 amide bonds. The molecule has 106 valence electrons. The van der Waals surface area contributed by atoms with Gasteiger partial charge >= 0.3 is 0 Å². The highest BCUT2D eigenvalue weighted by Gasteiger charge is 2.12. The number of benzene rings is 1. The van der Waals surface area contributed by atoms with Gasteiger partial charge < -0.3 is 20.9 Å². The zero-order valence-corrected chi connectivity index (χ0v) is 12.4. The summed E-state index contributed by atoms with van der Waals surface area (Å²) < 4.78 is 0. The fraction of sp³-hybridized carbons (Fsp3) is 0.500. The summed E-state index contributed by atoms with van der Waals surface area (Å²) in [5.74, 6) is -0.0247. The molecule has 0 aromatic heterocycles. The normalized spacial score (nSPS) is 12.3. The number of nitrogens with one attached hydrogen (secondary N) is 1. The van der Waals surface area contributed by atoms with Crippen molar-refractivity contribution in [2.24, 2.45) is 0 Å². The van der Waals surface area contributed by atoms with Crippen LogP contribution >= 0.6 is 0 Å². The smallest absolute Gasteiger partial charge is 0.253 e. The van der Waals surface area contributed by atoms with Crippen molar-refractivity contribution < 1.29 is 4.79 Å². The fourth-order valence-corrected chi connectivity index (χ4v) is 1.93. The topological polar surface area (TPSA) is 61.6 Å². The number of rotatable bonds is 5. The summed E-state index contributed by atoms with van der Waals surface area (Å²) in [6.45, 7) is 2.98. The molecule has 0 bridgehead atoms. The lowest BCUT2D eigenvalue weighted by Crippen LogP contribution is -2.30.